The van der Waals surface area contributed by atoms with Crippen LogP contribution in [-0.4, -0.2) is 23.7 Å². The van der Waals surface area contributed by atoms with Crippen LogP contribution < -0.4 is 0 Å². The SMILES string of the molecule is CCOC(=O)c1oc(CC(F)(F)F)nc1C1CC1. The van der Waals surface area contributed by atoms with Crippen molar-refractivity contribution in [2.24, 2.45) is 0 Å². The number of hydrogen-bond donors (Lipinski definition) is 0. The predicted molar refractivity (Wildman–Crippen MR) is 54.2 cm³/mol. The Morgan fingerprint density at radius 3 is 2.67 bits per heavy atom. The van der Waals surface area contributed by atoms with Gasteiger partial charge in [-0.25, -0.2) is 9.78 Å². The van der Waals surface area contributed by atoms with Crippen molar-refractivity contribution in [1.82, 2.24) is 4.98 Å². The molecule has 1 saturated carbocycles. The van der Waals surface area contributed by atoms with E-state index in [1.807, 2.05) is 0 Å². The van der Waals surface area contributed by atoms with Crippen molar-refractivity contribution >= 4 is 5.97 Å². The van der Waals surface area contributed by atoms with Gasteiger partial charge in [-0.05, 0) is 19.8 Å². The highest BCUT2D eigenvalue weighted by atomic mass is 19.4. The monoisotopic (exact) mass is 263 g/mol. The molecule has 1 aliphatic rings. The number of esters is 1. The van der Waals surface area contributed by atoms with Crippen molar-refractivity contribution in [1.29, 1.82) is 0 Å². The Bertz CT molecular complexity index is 449. The van der Waals surface area contributed by atoms with E-state index in [4.69, 9.17) is 9.15 Å². The summed E-state index contributed by atoms with van der Waals surface area (Å²) in [6, 6.07) is 0. The van der Waals surface area contributed by atoms with Crippen LogP contribution >= 0.6 is 0 Å². The Labute approximate surface area is 101 Å². The number of aromatic nitrogens is 1. The van der Waals surface area contributed by atoms with Crippen LogP contribution in [0.2, 0.25) is 0 Å². The van der Waals surface area contributed by atoms with E-state index in [0.29, 0.717) is 5.69 Å². The summed E-state index contributed by atoms with van der Waals surface area (Å²) < 4.78 is 46.3. The van der Waals surface area contributed by atoms with Crippen molar-refractivity contribution in [3.05, 3.63) is 17.3 Å². The minimum Gasteiger partial charge on any atom is -0.460 e. The molecule has 7 heteroatoms. The third kappa shape index (κ3) is 3.02. The Balaban J connectivity index is 2.24. The molecule has 0 radical (unpaired) electrons. The number of ether oxygens (including phenoxy) is 1. The first-order valence-electron chi connectivity index (χ1n) is 5.64. The molecule has 0 unspecified atom stereocenters. The van der Waals surface area contributed by atoms with Crippen molar-refractivity contribution in [3.8, 4) is 0 Å². The topological polar surface area (TPSA) is 52.3 Å². The molecule has 1 aliphatic carbocycles. The zero-order valence-electron chi connectivity index (χ0n) is 9.71. The second-order valence-corrected chi connectivity index (χ2v) is 4.11. The fourth-order valence-electron chi connectivity index (χ4n) is 1.60. The highest BCUT2D eigenvalue weighted by molar-refractivity contribution is 5.87. The van der Waals surface area contributed by atoms with Gasteiger partial charge in [-0.3, -0.25) is 0 Å². The maximum atomic E-state index is 12.2. The molecule has 1 aromatic rings. The van der Waals surface area contributed by atoms with Gasteiger partial charge in [0.1, 0.15) is 6.42 Å². The molecule has 4 nitrogen and oxygen atoms in total. The second kappa shape index (κ2) is 4.62. The minimum absolute atomic E-state index is 0.0233. The Kier molecular flexibility index (Phi) is 3.32. The fraction of sp³-hybridized carbons (Fsp3) is 0.636. The molecule has 0 amide bonds. The van der Waals surface area contributed by atoms with E-state index in [-0.39, 0.29) is 18.3 Å². The predicted octanol–water partition coefficient (Wildman–Crippen LogP) is 2.83. The van der Waals surface area contributed by atoms with E-state index in [1.165, 1.54) is 0 Å². The van der Waals surface area contributed by atoms with Gasteiger partial charge in [0, 0.05) is 5.92 Å². The van der Waals surface area contributed by atoms with Crippen LogP contribution in [-0.2, 0) is 11.2 Å². The maximum Gasteiger partial charge on any atom is 0.397 e. The molecule has 0 saturated heterocycles. The number of carbonyl (C=O) groups is 1. The maximum absolute atomic E-state index is 12.2. The summed E-state index contributed by atoms with van der Waals surface area (Å²) in [7, 11) is 0. The largest absolute Gasteiger partial charge is 0.460 e. The van der Waals surface area contributed by atoms with Crippen LogP contribution in [0.3, 0.4) is 0 Å². The van der Waals surface area contributed by atoms with Gasteiger partial charge in [-0.15, -0.1) is 0 Å². The molecule has 0 N–H and O–H groups in total. The lowest BCUT2D eigenvalue weighted by Crippen LogP contribution is -2.11. The number of hydrogen-bond acceptors (Lipinski definition) is 4. The van der Waals surface area contributed by atoms with Crippen LogP contribution in [0.15, 0.2) is 4.42 Å². The van der Waals surface area contributed by atoms with E-state index in [1.54, 1.807) is 6.92 Å². The summed E-state index contributed by atoms with van der Waals surface area (Å²) >= 11 is 0. The van der Waals surface area contributed by atoms with Gasteiger partial charge < -0.3 is 9.15 Å². The summed E-state index contributed by atoms with van der Waals surface area (Å²) in [5.74, 6) is -1.39. The Morgan fingerprint density at radius 2 is 2.17 bits per heavy atom. The molecular formula is C11H12F3NO3. The average molecular weight is 263 g/mol. The van der Waals surface area contributed by atoms with Gasteiger partial charge in [0.15, 0.2) is 0 Å². The van der Waals surface area contributed by atoms with Crippen LogP contribution in [0, 0.1) is 0 Å². The van der Waals surface area contributed by atoms with Crippen LogP contribution in [0.1, 0.15) is 47.8 Å². The van der Waals surface area contributed by atoms with Crippen molar-refractivity contribution in [3.63, 3.8) is 0 Å². The third-order valence-electron chi connectivity index (χ3n) is 2.47. The lowest BCUT2D eigenvalue weighted by atomic mass is 10.2. The van der Waals surface area contributed by atoms with Crippen LogP contribution in [0.25, 0.3) is 0 Å². The summed E-state index contributed by atoms with van der Waals surface area (Å²) in [6.45, 7) is 1.75. The molecule has 0 aromatic carbocycles. The third-order valence-corrected chi connectivity index (χ3v) is 2.47. The molecule has 100 valence electrons. The number of halogens is 3. The first-order valence-corrected chi connectivity index (χ1v) is 5.64. The molecule has 0 atom stereocenters. The fourth-order valence-corrected chi connectivity index (χ4v) is 1.60. The van der Waals surface area contributed by atoms with Crippen molar-refractivity contribution in [2.75, 3.05) is 6.61 Å². The smallest absolute Gasteiger partial charge is 0.397 e. The normalized spacial score (nSPS) is 15.8. The van der Waals surface area contributed by atoms with Gasteiger partial charge >= 0.3 is 12.1 Å². The molecule has 0 bridgehead atoms. The van der Waals surface area contributed by atoms with Crippen LogP contribution in [0.5, 0.6) is 0 Å². The van der Waals surface area contributed by atoms with Crippen LogP contribution in [0.4, 0.5) is 13.2 Å². The number of rotatable bonds is 4. The molecular weight excluding hydrogens is 251 g/mol. The first kappa shape index (κ1) is 12.9. The zero-order valence-corrected chi connectivity index (χ0v) is 9.71. The van der Waals surface area contributed by atoms with E-state index in [9.17, 15) is 18.0 Å². The number of alkyl halides is 3. The quantitative estimate of drug-likeness (QED) is 0.784. The molecule has 1 aromatic heterocycles. The van der Waals surface area contributed by atoms with E-state index in [0.717, 1.165) is 12.8 Å². The van der Waals surface area contributed by atoms with E-state index >= 15 is 0 Å². The number of nitrogens with zero attached hydrogens (tertiary/aromatic N) is 1. The van der Waals surface area contributed by atoms with Gasteiger partial charge in [0.05, 0.1) is 12.3 Å². The lowest BCUT2D eigenvalue weighted by Gasteiger charge is -2.01. The summed E-state index contributed by atoms with van der Waals surface area (Å²) in [5.41, 5.74) is 0.299. The molecule has 0 spiro atoms. The Morgan fingerprint density at radius 1 is 1.50 bits per heavy atom. The Hall–Kier alpha value is -1.53. The van der Waals surface area contributed by atoms with Gasteiger partial charge in [-0.1, -0.05) is 0 Å². The molecule has 1 fully saturated rings. The zero-order chi connectivity index (χ0) is 13.3. The van der Waals surface area contributed by atoms with Gasteiger partial charge in [0.2, 0.25) is 11.7 Å². The summed E-state index contributed by atoms with van der Waals surface area (Å²) in [5, 5.41) is 0. The summed E-state index contributed by atoms with van der Waals surface area (Å²) in [4.78, 5) is 15.3. The average Bonchev–Trinajstić information content (AvgIpc) is 2.99. The van der Waals surface area contributed by atoms with Crippen molar-refractivity contribution < 1.29 is 27.1 Å². The molecule has 0 aliphatic heterocycles. The molecule has 1 heterocycles. The second-order valence-electron chi connectivity index (χ2n) is 4.11. The van der Waals surface area contributed by atoms with Gasteiger partial charge in [0.25, 0.3) is 0 Å². The molecule has 18 heavy (non-hydrogen) atoms. The van der Waals surface area contributed by atoms with E-state index < -0.39 is 24.5 Å². The summed E-state index contributed by atoms with van der Waals surface area (Å²) in [6.07, 6.45) is -4.06. The van der Waals surface area contributed by atoms with E-state index in [2.05, 4.69) is 4.98 Å². The highest BCUT2D eigenvalue weighted by Crippen LogP contribution is 2.41. The van der Waals surface area contributed by atoms with Gasteiger partial charge in [-0.2, -0.15) is 13.2 Å². The lowest BCUT2D eigenvalue weighted by molar-refractivity contribution is -0.130. The molecule has 2 rings (SSSR count). The highest BCUT2D eigenvalue weighted by Gasteiger charge is 2.37. The minimum atomic E-state index is -4.41. The first-order chi connectivity index (χ1) is 8.40. The number of oxazole rings is 1. The van der Waals surface area contributed by atoms with Crippen molar-refractivity contribution in [2.45, 2.75) is 38.3 Å². The standard InChI is InChI=1S/C11H12F3NO3/c1-2-17-10(16)9-8(6-3-4-6)15-7(18-9)5-11(12,13)14/h6H,2-5H2,1H3. The number of carbonyl (C=O) groups excluding carboxylic acids is 1.